The van der Waals surface area contributed by atoms with Crippen molar-refractivity contribution >= 4 is 17.0 Å². The van der Waals surface area contributed by atoms with Crippen LogP contribution in [0.25, 0.3) is 11.2 Å². The molecule has 0 aromatic carbocycles. The van der Waals surface area contributed by atoms with Crippen LogP contribution in [-0.2, 0) is 0 Å². The molecule has 6 nitrogen and oxygen atoms in total. The van der Waals surface area contributed by atoms with Gasteiger partial charge in [-0.3, -0.25) is 0 Å². The van der Waals surface area contributed by atoms with E-state index in [2.05, 4.69) is 24.7 Å². The Morgan fingerprint density at radius 3 is 2.68 bits per heavy atom. The summed E-state index contributed by atoms with van der Waals surface area (Å²) in [5.41, 5.74) is 5.95. The predicted molar refractivity (Wildman–Crippen MR) is 55.0 cm³/mol. The molecule has 3 N–H and O–H groups in total. The summed E-state index contributed by atoms with van der Waals surface area (Å²) >= 11 is 0. The summed E-state index contributed by atoms with van der Waals surface area (Å²) in [4.78, 5) is 13.7. The van der Waals surface area contributed by atoms with Crippen LogP contribution < -0.4 is 10.5 Å². The van der Waals surface area contributed by atoms with Crippen molar-refractivity contribution in [2.45, 2.75) is 24.4 Å². The first-order chi connectivity index (χ1) is 8.81. The maximum Gasteiger partial charge on any atom is 0.346 e. The number of ether oxygens (including phenoxy) is 1. The van der Waals surface area contributed by atoms with Crippen molar-refractivity contribution in [3.63, 3.8) is 0 Å². The number of alkyl halides is 4. The average Bonchev–Trinajstić information content (AvgIpc) is 2.76. The van der Waals surface area contributed by atoms with Crippen LogP contribution in [0.1, 0.15) is 6.42 Å². The third-order valence-electron chi connectivity index (χ3n) is 2.87. The molecule has 2 heterocycles. The number of hydrogen-bond acceptors (Lipinski definition) is 5. The number of fused-ring (bicyclic) bond motifs is 1. The lowest BCUT2D eigenvalue weighted by Gasteiger charge is -2.42. The van der Waals surface area contributed by atoms with Gasteiger partial charge in [-0.05, 0) is 0 Å². The summed E-state index contributed by atoms with van der Waals surface area (Å²) in [6.07, 6.45) is -1.79. The molecule has 0 radical (unpaired) electrons. The zero-order chi connectivity index (χ0) is 13.8. The maximum atomic E-state index is 13.0. The van der Waals surface area contributed by atoms with Gasteiger partial charge in [0, 0.05) is 0 Å². The highest BCUT2D eigenvalue weighted by atomic mass is 19.3. The molecule has 102 valence electrons. The van der Waals surface area contributed by atoms with Crippen molar-refractivity contribution in [3.8, 4) is 6.01 Å². The van der Waals surface area contributed by atoms with Crippen molar-refractivity contribution in [2.75, 3.05) is 5.73 Å². The van der Waals surface area contributed by atoms with Gasteiger partial charge in [-0.25, -0.2) is 4.98 Å². The Labute approximate surface area is 103 Å². The van der Waals surface area contributed by atoms with E-state index in [-0.39, 0.29) is 11.5 Å². The lowest BCUT2D eigenvalue weighted by molar-refractivity contribution is -0.325. The standard InChI is InChI=1S/C9H7F4N5O/c10-8(11)1-3(9(8,12)13)19-7-17-5(14)4-6(18-7)16-2-15-4/h2-3H,1H2,(H3,14,15,16,17,18). The molecule has 1 atom stereocenters. The number of anilines is 1. The average molecular weight is 277 g/mol. The van der Waals surface area contributed by atoms with Gasteiger partial charge in [0.05, 0.1) is 12.7 Å². The normalized spacial score (nSPS) is 24.1. The first-order valence-corrected chi connectivity index (χ1v) is 5.20. The van der Waals surface area contributed by atoms with Gasteiger partial charge in [0.2, 0.25) is 0 Å². The summed E-state index contributed by atoms with van der Waals surface area (Å²) in [6.45, 7) is 0. The van der Waals surface area contributed by atoms with Crippen LogP contribution in [0.15, 0.2) is 6.33 Å². The summed E-state index contributed by atoms with van der Waals surface area (Å²) < 4.78 is 56.0. The number of nitrogens with two attached hydrogens (primary N) is 1. The minimum Gasteiger partial charge on any atom is -0.453 e. The number of rotatable bonds is 2. The van der Waals surface area contributed by atoms with Crippen LogP contribution in [0.2, 0.25) is 0 Å². The highest BCUT2D eigenvalue weighted by Crippen LogP contribution is 2.52. The number of H-pyrrole nitrogens is 1. The van der Waals surface area contributed by atoms with E-state index in [0.717, 1.165) is 0 Å². The Balaban J connectivity index is 1.87. The van der Waals surface area contributed by atoms with Gasteiger partial charge in [-0.1, -0.05) is 0 Å². The molecule has 3 rings (SSSR count). The SMILES string of the molecule is Nc1nc(OC2CC(F)(F)C2(F)F)nc2nc[nH]c12. The van der Waals surface area contributed by atoms with Gasteiger partial charge < -0.3 is 15.5 Å². The topological polar surface area (TPSA) is 89.7 Å². The van der Waals surface area contributed by atoms with Gasteiger partial charge in [0.15, 0.2) is 17.6 Å². The van der Waals surface area contributed by atoms with E-state index in [0.29, 0.717) is 5.52 Å². The molecule has 1 aliphatic carbocycles. The quantitative estimate of drug-likeness (QED) is 0.809. The lowest BCUT2D eigenvalue weighted by atomic mass is 9.85. The number of imidazole rings is 1. The minimum atomic E-state index is -4.24. The van der Waals surface area contributed by atoms with Crippen molar-refractivity contribution in [1.29, 1.82) is 0 Å². The largest absolute Gasteiger partial charge is 0.453 e. The molecule has 19 heavy (non-hydrogen) atoms. The van der Waals surface area contributed by atoms with Crippen molar-refractivity contribution in [3.05, 3.63) is 6.33 Å². The van der Waals surface area contributed by atoms with E-state index in [4.69, 9.17) is 5.73 Å². The van der Waals surface area contributed by atoms with Gasteiger partial charge >= 0.3 is 17.9 Å². The second-order valence-corrected chi connectivity index (χ2v) is 4.13. The van der Waals surface area contributed by atoms with Crippen molar-refractivity contribution in [1.82, 2.24) is 19.9 Å². The maximum absolute atomic E-state index is 13.0. The van der Waals surface area contributed by atoms with Gasteiger partial charge in [0.1, 0.15) is 5.52 Å². The molecule has 2 aromatic heterocycles. The van der Waals surface area contributed by atoms with Crippen LogP contribution in [-0.4, -0.2) is 37.9 Å². The number of nitrogen functional groups attached to an aromatic ring is 1. The van der Waals surface area contributed by atoms with E-state index in [9.17, 15) is 17.6 Å². The number of aromatic amines is 1. The first kappa shape index (κ1) is 11.9. The van der Waals surface area contributed by atoms with Crippen LogP contribution in [0, 0.1) is 0 Å². The Kier molecular flexibility index (Phi) is 2.17. The van der Waals surface area contributed by atoms with E-state index in [1.807, 2.05) is 0 Å². The van der Waals surface area contributed by atoms with Gasteiger partial charge in [0.25, 0.3) is 0 Å². The van der Waals surface area contributed by atoms with E-state index < -0.39 is 30.4 Å². The number of hydrogen-bond donors (Lipinski definition) is 2. The fourth-order valence-electron chi connectivity index (χ4n) is 1.73. The van der Waals surface area contributed by atoms with E-state index in [1.54, 1.807) is 0 Å². The Morgan fingerprint density at radius 2 is 2.05 bits per heavy atom. The van der Waals surface area contributed by atoms with Crippen LogP contribution >= 0.6 is 0 Å². The molecule has 1 unspecified atom stereocenters. The Hall–Kier alpha value is -2.13. The number of nitrogens with zero attached hydrogens (tertiary/aromatic N) is 3. The fraction of sp³-hybridized carbons (Fsp3) is 0.444. The van der Waals surface area contributed by atoms with Crippen molar-refractivity contribution < 1.29 is 22.3 Å². The first-order valence-electron chi connectivity index (χ1n) is 5.20. The summed E-state index contributed by atoms with van der Waals surface area (Å²) in [6, 6.07) is -0.503. The molecule has 1 aliphatic rings. The zero-order valence-corrected chi connectivity index (χ0v) is 9.20. The number of nitrogens with one attached hydrogen (secondary N) is 1. The number of aromatic nitrogens is 4. The highest BCUT2D eigenvalue weighted by molar-refractivity contribution is 5.81. The zero-order valence-electron chi connectivity index (χ0n) is 9.20. The monoisotopic (exact) mass is 277 g/mol. The van der Waals surface area contributed by atoms with Crippen LogP contribution in [0.5, 0.6) is 6.01 Å². The molecule has 0 amide bonds. The lowest BCUT2D eigenvalue weighted by Crippen LogP contribution is -2.64. The van der Waals surface area contributed by atoms with Crippen LogP contribution in [0.4, 0.5) is 23.4 Å². The second kappa shape index (κ2) is 3.45. The molecule has 0 aliphatic heterocycles. The van der Waals surface area contributed by atoms with Crippen LogP contribution in [0.3, 0.4) is 0 Å². The molecular weight excluding hydrogens is 270 g/mol. The Bertz CT molecular complexity index is 643. The minimum absolute atomic E-state index is 0.0631. The molecule has 1 saturated carbocycles. The van der Waals surface area contributed by atoms with Crippen molar-refractivity contribution in [2.24, 2.45) is 0 Å². The third-order valence-corrected chi connectivity index (χ3v) is 2.87. The molecule has 1 fully saturated rings. The highest BCUT2D eigenvalue weighted by Gasteiger charge is 2.73. The molecule has 0 bridgehead atoms. The molecule has 0 saturated heterocycles. The third kappa shape index (κ3) is 1.59. The smallest absolute Gasteiger partial charge is 0.346 e. The van der Waals surface area contributed by atoms with Gasteiger partial charge in [-0.2, -0.15) is 27.5 Å². The molecule has 2 aromatic rings. The number of halogens is 4. The predicted octanol–water partition coefficient (Wildman–Crippen LogP) is 1.36. The molecule has 10 heteroatoms. The summed E-state index contributed by atoms with van der Waals surface area (Å²) in [5.74, 6) is -8.38. The Morgan fingerprint density at radius 1 is 1.32 bits per heavy atom. The second-order valence-electron chi connectivity index (χ2n) is 4.13. The van der Waals surface area contributed by atoms with Gasteiger partial charge in [-0.15, -0.1) is 0 Å². The molecular formula is C9H7F4N5O. The summed E-state index contributed by atoms with van der Waals surface area (Å²) in [7, 11) is 0. The molecule has 0 spiro atoms. The van der Waals surface area contributed by atoms with E-state index in [1.165, 1.54) is 6.33 Å². The summed E-state index contributed by atoms with van der Waals surface area (Å²) in [5, 5.41) is 0. The van der Waals surface area contributed by atoms with E-state index >= 15 is 0 Å². The fourth-order valence-corrected chi connectivity index (χ4v) is 1.73.